The smallest absolute Gasteiger partial charge is 0.254 e. The van der Waals surface area contributed by atoms with E-state index >= 15 is 0 Å². The fourth-order valence-electron chi connectivity index (χ4n) is 2.86. The lowest BCUT2D eigenvalue weighted by Gasteiger charge is -2.32. The fraction of sp³-hybridized carbons (Fsp3) is 0.294. The lowest BCUT2D eigenvalue weighted by Crippen LogP contribution is -2.37. The second-order valence-corrected chi connectivity index (χ2v) is 6.16. The zero-order chi connectivity index (χ0) is 14.7. The van der Waals surface area contributed by atoms with Crippen molar-refractivity contribution in [2.24, 2.45) is 0 Å². The summed E-state index contributed by atoms with van der Waals surface area (Å²) in [6.45, 7) is 1.64. The number of hydrogen-bond acceptors (Lipinski definition) is 2. The molecule has 0 saturated carbocycles. The van der Waals surface area contributed by atoms with E-state index in [1.807, 2.05) is 11.0 Å². The highest BCUT2D eigenvalue weighted by atomic mass is 79.9. The van der Waals surface area contributed by atoms with E-state index in [9.17, 15) is 4.79 Å². The van der Waals surface area contributed by atoms with Gasteiger partial charge < -0.3 is 4.90 Å². The summed E-state index contributed by atoms with van der Waals surface area (Å²) in [5.74, 6) is 0.670. The van der Waals surface area contributed by atoms with Gasteiger partial charge in [0.25, 0.3) is 5.91 Å². The van der Waals surface area contributed by atoms with Crippen molar-refractivity contribution in [2.45, 2.75) is 18.8 Å². The maximum atomic E-state index is 12.5. The number of benzene rings is 1. The molecule has 0 aliphatic carbocycles. The normalized spacial score (nSPS) is 16.0. The summed E-state index contributed by atoms with van der Waals surface area (Å²) in [5, 5.41) is 0. The summed E-state index contributed by atoms with van der Waals surface area (Å²) in [7, 11) is 0. The number of pyridine rings is 1. The standard InChI is InChI=1S/C17H17BrN2O/c18-16-12-15(6-9-19-16)17(21)20-10-7-14(8-11-20)13-4-2-1-3-5-13/h1-6,9,12,14H,7-8,10-11H2. The largest absolute Gasteiger partial charge is 0.339 e. The molecule has 0 bridgehead atoms. The first-order valence-electron chi connectivity index (χ1n) is 7.20. The van der Waals surface area contributed by atoms with E-state index in [0.29, 0.717) is 16.1 Å². The first-order chi connectivity index (χ1) is 10.2. The van der Waals surface area contributed by atoms with Crippen LogP contribution in [0.1, 0.15) is 34.7 Å². The van der Waals surface area contributed by atoms with Crippen LogP contribution in [0.15, 0.2) is 53.3 Å². The molecule has 1 saturated heterocycles. The third kappa shape index (κ3) is 3.32. The minimum absolute atomic E-state index is 0.101. The predicted octanol–water partition coefficient (Wildman–Crippen LogP) is 3.86. The molecule has 0 radical (unpaired) electrons. The molecule has 0 atom stereocenters. The Bertz CT molecular complexity index is 622. The van der Waals surface area contributed by atoms with Gasteiger partial charge in [0.1, 0.15) is 4.60 Å². The summed E-state index contributed by atoms with van der Waals surface area (Å²) in [6, 6.07) is 14.1. The highest BCUT2D eigenvalue weighted by molar-refractivity contribution is 9.10. The van der Waals surface area contributed by atoms with Crippen LogP contribution in [0.5, 0.6) is 0 Å². The van der Waals surface area contributed by atoms with Crippen molar-refractivity contribution in [3.63, 3.8) is 0 Å². The Hall–Kier alpha value is -1.68. The molecule has 1 amide bonds. The van der Waals surface area contributed by atoms with Gasteiger partial charge >= 0.3 is 0 Å². The van der Waals surface area contributed by atoms with Crippen molar-refractivity contribution < 1.29 is 4.79 Å². The van der Waals surface area contributed by atoms with Crippen LogP contribution in [0.4, 0.5) is 0 Å². The monoisotopic (exact) mass is 344 g/mol. The van der Waals surface area contributed by atoms with Crippen LogP contribution in [0.3, 0.4) is 0 Å². The second kappa shape index (κ2) is 6.39. The van der Waals surface area contributed by atoms with Gasteiger partial charge in [-0.05, 0) is 52.4 Å². The predicted molar refractivity (Wildman–Crippen MR) is 86.3 cm³/mol. The van der Waals surface area contributed by atoms with Gasteiger partial charge in [-0.3, -0.25) is 4.79 Å². The summed E-state index contributed by atoms with van der Waals surface area (Å²) >= 11 is 3.31. The Morgan fingerprint density at radius 1 is 1.14 bits per heavy atom. The van der Waals surface area contributed by atoms with E-state index in [-0.39, 0.29) is 5.91 Å². The highest BCUT2D eigenvalue weighted by Gasteiger charge is 2.24. The molecule has 3 rings (SSSR count). The Balaban J connectivity index is 1.64. The van der Waals surface area contributed by atoms with Crippen molar-refractivity contribution in [1.29, 1.82) is 0 Å². The number of carbonyl (C=O) groups excluding carboxylic acids is 1. The number of hydrogen-bond donors (Lipinski definition) is 0. The zero-order valence-corrected chi connectivity index (χ0v) is 13.3. The van der Waals surface area contributed by atoms with Gasteiger partial charge in [0.15, 0.2) is 0 Å². The number of rotatable bonds is 2. The molecule has 0 N–H and O–H groups in total. The van der Waals surface area contributed by atoms with Gasteiger partial charge in [-0.1, -0.05) is 30.3 Å². The number of likely N-dealkylation sites (tertiary alicyclic amines) is 1. The minimum atomic E-state index is 0.101. The summed E-state index contributed by atoms with van der Waals surface area (Å²) in [4.78, 5) is 18.5. The van der Waals surface area contributed by atoms with Crippen LogP contribution in [0, 0.1) is 0 Å². The molecular formula is C17H17BrN2O. The molecular weight excluding hydrogens is 328 g/mol. The van der Waals surface area contributed by atoms with Crippen LogP contribution in [0.2, 0.25) is 0 Å². The Morgan fingerprint density at radius 2 is 1.86 bits per heavy atom. The van der Waals surface area contributed by atoms with E-state index < -0.39 is 0 Å². The van der Waals surface area contributed by atoms with Crippen LogP contribution in [-0.4, -0.2) is 28.9 Å². The van der Waals surface area contributed by atoms with Gasteiger partial charge in [0.05, 0.1) is 0 Å². The number of nitrogens with zero attached hydrogens (tertiary/aromatic N) is 2. The average molecular weight is 345 g/mol. The second-order valence-electron chi connectivity index (χ2n) is 5.34. The molecule has 3 nitrogen and oxygen atoms in total. The molecule has 2 heterocycles. The maximum Gasteiger partial charge on any atom is 0.254 e. The number of amides is 1. The molecule has 0 spiro atoms. The van der Waals surface area contributed by atoms with Gasteiger partial charge in [-0.2, -0.15) is 0 Å². The van der Waals surface area contributed by atoms with E-state index in [0.717, 1.165) is 25.9 Å². The molecule has 4 heteroatoms. The highest BCUT2D eigenvalue weighted by Crippen LogP contribution is 2.28. The Kier molecular flexibility index (Phi) is 4.34. The lowest BCUT2D eigenvalue weighted by molar-refractivity contribution is 0.0713. The van der Waals surface area contributed by atoms with Gasteiger partial charge in [-0.15, -0.1) is 0 Å². The van der Waals surface area contributed by atoms with Crippen molar-refractivity contribution >= 4 is 21.8 Å². The molecule has 108 valence electrons. The van der Waals surface area contributed by atoms with Crippen molar-refractivity contribution in [3.05, 3.63) is 64.4 Å². The Labute approximate surface area is 133 Å². The summed E-state index contributed by atoms with van der Waals surface area (Å²) < 4.78 is 0.701. The molecule has 1 aliphatic rings. The van der Waals surface area contributed by atoms with Crippen molar-refractivity contribution in [2.75, 3.05) is 13.1 Å². The van der Waals surface area contributed by atoms with Crippen molar-refractivity contribution in [1.82, 2.24) is 9.88 Å². The fourth-order valence-corrected chi connectivity index (χ4v) is 3.22. The third-order valence-electron chi connectivity index (χ3n) is 4.03. The number of halogens is 1. The molecule has 1 fully saturated rings. The number of carbonyl (C=O) groups is 1. The zero-order valence-electron chi connectivity index (χ0n) is 11.7. The molecule has 2 aromatic rings. The minimum Gasteiger partial charge on any atom is -0.339 e. The topological polar surface area (TPSA) is 33.2 Å². The van der Waals surface area contributed by atoms with Crippen LogP contribution in [0.25, 0.3) is 0 Å². The molecule has 1 aromatic carbocycles. The molecule has 1 aliphatic heterocycles. The molecule has 0 unspecified atom stereocenters. The van der Waals surface area contributed by atoms with E-state index in [1.54, 1.807) is 18.3 Å². The summed E-state index contributed by atoms with van der Waals surface area (Å²) in [5.41, 5.74) is 2.09. The summed E-state index contributed by atoms with van der Waals surface area (Å²) in [6.07, 6.45) is 3.72. The average Bonchev–Trinajstić information content (AvgIpc) is 2.55. The first-order valence-corrected chi connectivity index (χ1v) is 7.99. The van der Waals surface area contributed by atoms with Crippen LogP contribution in [-0.2, 0) is 0 Å². The number of aromatic nitrogens is 1. The van der Waals surface area contributed by atoms with Crippen LogP contribution >= 0.6 is 15.9 Å². The van der Waals surface area contributed by atoms with Gasteiger partial charge in [0.2, 0.25) is 0 Å². The molecule has 21 heavy (non-hydrogen) atoms. The SMILES string of the molecule is O=C(c1ccnc(Br)c1)N1CCC(c2ccccc2)CC1. The van der Waals surface area contributed by atoms with E-state index in [4.69, 9.17) is 0 Å². The van der Waals surface area contributed by atoms with E-state index in [2.05, 4.69) is 45.2 Å². The van der Waals surface area contributed by atoms with Gasteiger partial charge in [0, 0.05) is 24.8 Å². The van der Waals surface area contributed by atoms with Crippen molar-refractivity contribution in [3.8, 4) is 0 Å². The van der Waals surface area contributed by atoms with Gasteiger partial charge in [-0.25, -0.2) is 4.98 Å². The van der Waals surface area contributed by atoms with Crippen LogP contribution < -0.4 is 0 Å². The first kappa shape index (κ1) is 14.3. The molecule has 1 aromatic heterocycles. The third-order valence-corrected chi connectivity index (χ3v) is 4.46. The quantitative estimate of drug-likeness (QED) is 0.775. The lowest BCUT2D eigenvalue weighted by atomic mass is 9.89. The Morgan fingerprint density at radius 3 is 2.52 bits per heavy atom. The van der Waals surface area contributed by atoms with E-state index in [1.165, 1.54) is 5.56 Å². The maximum absolute atomic E-state index is 12.5. The number of piperidine rings is 1.